The third kappa shape index (κ3) is 4.58. The van der Waals surface area contributed by atoms with Gasteiger partial charge in [0, 0.05) is 32.7 Å². The molecule has 1 aromatic heterocycles. The zero-order valence-electron chi connectivity index (χ0n) is 13.6. The average molecular weight is 331 g/mol. The number of carbonyl (C=O) groups is 1. The van der Waals surface area contributed by atoms with Gasteiger partial charge in [0.1, 0.15) is 11.6 Å². The highest BCUT2D eigenvalue weighted by Crippen LogP contribution is 2.09. The van der Waals surface area contributed by atoms with Gasteiger partial charge in [0.15, 0.2) is 0 Å². The van der Waals surface area contributed by atoms with Crippen LogP contribution in [0.1, 0.15) is 11.3 Å². The molecule has 128 valence electrons. The van der Waals surface area contributed by atoms with Crippen molar-refractivity contribution < 1.29 is 13.6 Å². The topological polar surface area (TPSA) is 48.7 Å². The molecular formula is C18H22FN3O2. The summed E-state index contributed by atoms with van der Waals surface area (Å²) in [7, 11) is 0. The van der Waals surface area contributed by atoms with Crippen LogP contribution in [0.4, 0.5) is 9.18 Å². The molecule has 1 aliphatic heterocycles. The van der Waals surface area contributed by atoms with Crippen molar-refractivity contribution in [1.29, 1.82) is 0 Å². The molecule has 1 fully saturated rings. The monoisotopic (exact) mass is 331 g/mol. The molecule has 0 radical (unpaired) electrons. The van der Waals surface area contributed by atoms with Gasteiger partial charge < -0.3 is 14.6 Å². The highest BCUT2D eigenvalue weighted by atomic mass is 19.1. The number of hydrogen-bond donors (Lipinski definition) is 1. The molecule has 2 heterocycles. The van der Waals surface area contributed by atoms with Crippen molar-refractivity contribution in [2.45, 2.75) is 13.0 Å². The molecule has 0 spiro atoms. The molecule has 0 bridgehead atoms. The maximum absolute atomic E-state index is 12.8. The van der Waals surface area contributed by atoms with Crippen LogP contribution >= 0.6 is 0 Å². The van der Waals surface area contributed by atoms with Crippen LogP contribution in [0.3, 0.4) is 0 Å². The number of rotatable bonds is 5. The number of nitrogens with zero attached hydrogens (tertiary/aromatic N) is 2. The number of urea groups is 1. The summed E-state index contributed by atoms with van der Waals surface area (Å²) < 4.78 is 18.2. The highest BCUT2D eigenvalue weighted by Gasteiger charge is 2.21. The molecule has 1 N–H and O–H groups in total. The zero-order chi connectivity index (χ0) is 16.8. The Hall–Kier alpha value is -2.34. The first-order valence-electron chi connectivity index (χ1n) is 8.23. The van der Waals surface area contributed by atoms with Crippen molar-refractivity contribution in [3.05, 3.63) is 59.8 Å². The summed E-state index contributed by atoms with van der Waals surface area (Å²) in [4.78, 5) is 16.3. The molecular weight excluding hydrogens is 309 g/mol. The average Bonchev–Trinajstić information content (AvgIpc) is 3.10. The maximum Gasteiger partial charge on any atom is 0.317 e. The van der Waals surface area contributed by atoms with Gasteiger partial charge in [-0.2, -0.15) is 0 Å². The van der Waals surface area contributed by atoms with E-state index in [1.165, 1.54) is 12.1 Å². The van der Waals surface area contributed by atoms with Gasteiger partial charge in [-0.1, -0.05) is 12.1 Å². The third-order valence-electron chi connectivity index (χ3n) is 4.22. The van der Waals surface area contributed by atoms with Gasteiger partial charge in [-0.15, -0.1) is 0 Å². The predicted octanol–water partition coefficient (Wildman–Crippen LogP) is 2.49. The quantitative estimate of drug-likeness (QED) is 0.916. The summed E-state index contributed by atoms with van der Waals surface area (Å²) in [5.41, 5.74) is 1.01. The van der Waals surface area contributed by atoms with Gasteiger partial charge in [0.25, 0.3) is 0 Å². The minimum Gasteiger partial charge on any atom is -0.468 e. The van der Waals surface area contributed by atoms with Crippen molar-refractivity contribution >= 4 is 6.03 Å². The van der Waals surface area contributed by atoms with Gasteiger partial charge >= 0.3 is 6.03 Å². The number of amides is 2. The van der Waals surface area contributed by atoms with Gasteiger partial charge in [0.05, 0.1) is 12.8 Å². The second-order valence-corrected chi connectivity index (χ2v) is 5.95. The van der Waals surface area contributed by atoms with Crippen LogP contribution in [0.2, 0.25) is 0 Å². The molecule has 0 atom stereocenters. The Balaban J connectivity index is 1.36. The van der Waals surface area contributed by atoms with Crippen LogP contribution in [-0.4, -0.2) is 48.6 Å². The molecule has 6 heteroatoms. The molecule has 0 unspecified atom stereocenters. The maximum atomic E-state index is 12.8. The lowest BCUT2D eigenvalue weighted by Gasteiger charge is -2.34. The summed E-state index contributed by atoms with van der Waals surface area (Å²) in [6.45, 7) is 4.44. The SMILES string of the molecule is O=C(NCCc1ccc(F)cc1)N1CCN(Cc2ccco2)CC1. The third-order valence-corrected chi connectivity index (χ3v) is 4.22. The van der Waals surface area contributed by atoms with Gasteiger partial charge in [-0.05, 0) is 36.2 Å². The summed E-state index contributed by atoms with van der Waals surface area (Å²) in [5, 5.41) is 2.93. The summed E-state index contributed by atoms with van der Waals surface area (Å²) in [6, 6.07) is 10.2. The molecule has 2 amide bonds. The highest BCUT2D eigenvalue weighted by molar-refractivity contribution is 5.74. The van der Waals surface area contributed by atoms with Gasteiger partial charge in [-0.25, -0.2) is 9.18 Å². The Morgan fingerprint density at radius 1 is 1.12 bits per heavy atom. The minimum absolute atomic E-state index is 0.0326. The Morgan fingerprint density at radius 2 is 1.88 bits per heavy atom. The number of benzene rings is 1. The first-order chi connectivity index (χ1) is 11.7. The number of piperazine rings is 1. The van der Waals surface area contributed by atoms with E-state index in [9.17, 15) is 9.18 Å². The number of carbonyl (C=O) groups excluding carboxylic acids is 1. The molecule has 3 rings (SSSR count). The van der Waals surface area contributed by atoms with E-state index in [0.29, 0.717) is 26.1 Å². The Kier molecular flexibility index (Phi) is 5.48. The summed E-state index contributed by atoms with van der Waals surface area (Å²) in [5.74, 6) is 0.711. The molecule has 2 aromatic rings. The number of nitrogens with one attached hydrogen (secondary N) is 1. The van der Waals surface area contributed by atoms with E-state index >= 15 is 0 Å². The van der Waals surface area contributed by atoms with E-state index in [1.54, 1.807) is 18.4 Å². The van der Waals surface area contributed by atoms with Crippen molar-refractivity contribution in [2.24, 2.45) is 0 Å². The van der Waals surface area contributed by atoms with Crippen LogP contribution < -0.4 is 5.32 Å². The second kappa shape index (κ2) is 7.97. The molecule has 24 heavy (non-hydrogen) atoms. The first-order valence-corrected chi connectivity index (χ1v) is 8.23. The lowest BCUT2D eigenvalue weighted by atomic mass is 10.1. The summed E-state index contributed by atoms with van der Waals surface area (Å²) in [6.07, 6.45) is 2.38. The van der Waals surface area contributed by atoms with E-state index in [2.05, 4.69) is 10.2 Å². The van der Waals surface area contributed by atoms with Crippen molar-refractivity contribution in [2.75, 3.05) is 32.7 Å². The molecule has 1 aromatic carbocycles. The van der Waals surface area contributed by atoms with Crippen LogP contribution in [-0.2, 0) is 13.0 Å². The van der Waals surface area contributed by atoms with Crippen LogP contribution in [0.15, 0.2) is 47.1 Å². The van der Waals surface area contributed by atoms with Gasteiger partial charge in [0.2, 0.25) is 0 Å². The number of hydrogen-bond acceptors (Lipinski definition) is 3. The van der Waals surface area contributed by atoms with E-state index < -0.39 is 0 Å². The smallest absolute Gasteiger partial charge is 0.317 e. The lowest BCUT2D eigenvalue weighted by Crippen LogP contribution is -2.51. The normalized spacial score (nSPS) is 15.5. The molecule has 0 saturated carbocycles. The predicted molar refractivity (Wildman–Crippen MR) is 89.1 cm³/mol. The Bertz CT molecular complexity index is 635. The lowest BCUT2D eigenvalue weighted by molar-refractivity contribution is 0.130. The molecule has 1 saturated heterocycles. The van der Waals surface area contributed by atoms with Crippen molar-refractivity contribution in [3.63, 3.8) is 0 Å². The Labute approximate surface area is 141 Å². The van der Waals surface area contributed by atoms with E-state index in [1.807, 2.05) is 17.0 Å². The fourth-order valence-electron chi connectivity index (χ4n) is 2.81. The summed E-state index contributed by atoms with van der Waals surface area (Å²) >= 11 is 0. The van der Waals surface area contributed by atoms with Crippen LogP contribution in [0.25, 0.3) is 0 Å². The minimum atomic E-state index is -0.241. The number of furan rings is 1. The van der Waals surface area contributed by atoms with E-state index in [0.717, 1.165) is 31.0 Å². The van der Waals surface area contributed by atoms with E-state index in [4.69, 9.17) is 4.42 Å². The van der Waals surface area contributed by atoms with Crippen LogP contribution in [0.5, 0.6) is 0 Å². The van der Waals surface area contributed by atoms with E-state index in [-0.39, 0.29) is 11.8 Å². The first kappa shape index (κ1) is 16.5. The van der Waals surface area contributed by atoms with Crippen molar-refractivity contribution in [1.82, 2.24) is 15.1 Å². The molecule has 1 aliphatic rings. The zero-order valence-corrected chi connectivity index (χ0v) is 13.6. The molecule has 0 aliphatic carbocycles. The second-order valence-electron chi connectivity index (χ2n) is 5.95. The largest absolute Gasteiger partial charge is 0.468 e. The fraction of sp³-hybridized carbons (Fsp3) is 0.389. The number of halogens is 1. The standard InChI is InChI=1S/C18H22FN3O2/c19-16-5-3-15(4-6-16)7-8-20-18(23)22-11-9-21(10-12-22)14-17-2-1-13-24-17/h1-6,13H,7-12,14H2,(H,20,23). The van der Waals surface area contributed by atoms with Gasteiger partial charge in [-0.3, -0.25) is 4.90 Å². The molecule has 5 nitrogen and oxygen atoms in total. The van der Waals surface area contributed by atoms with Crippen molar-refractivity contribution in [3.8, 4) is 0 Å². The fourth-order valence-corrected chi connectivity index (χ4v) is 2.81. The van der Waals surface area contributed by atoms with Crippen LogP contribution in [0, 0.1) is 5.82 Å². The Morgan fingerprint density at radius 3 is 2.54 bits per heavy atom.